The van der Waals surface area contributed by atoms with Crippen LogP contribution >= 0.6 is 12.4 Å². The molecule has 0 aliphatic carbocycles. The molecule has 0 amide bonds. The van der Waals surface area contributed by atoms with Crippen molar-refractivity contribution in [1.29, 1.82) is 0 Å². The van der Waals surface area contributed by atoms with Crippen LogP contribution in [0.5, 0.6) is 17.2 Å². The third kappa shape index (κ3) is 4.79. The minimum absolute atomic E-state index is 0. The number of ether oxygens (including phenoxy) is 3. The maximum atomic E-state index is 5.74. The lowest BCUT2D eigenvalue weighted by Crippen LogP contribution is -2.08. The Morgan fingerprint density at radius 3 is 2.04 bits per heavy atom. The van der Waals surface area contributed by atoms with Crippen LogP contribution in [0.3, 0.4) is 0 Å². The first-order chi connectivity index (χ1) is 11.2. The summed E-state index contributed by atoms with van der Waals surface area (Å²) < 4.78 is 16.2. The predicted octanol–water partition coefficient (Wildman–Crippen LogP) is 3.42. The van der Waals surface area contributed by atoms with Gasteiger partial charge in [0.25, 0.3) is 0 Å². The molecule has 132 valence electrons. The van der Waals surface area contributed by atoms with Gasteiger partial charge in [0.1, 0.15) is 5.75 Å². The Balaban J connectivity index is 0.00000288. The lowest BCUT2D eigenvalue weighted by molar-refractivity contribution is 0.351. The molecule has 0 atom stereocenters. The first kappa shape index (κ1) is 20.1. The van der Waals surface area contributed by atoms with E-state index in [0.29, 0.717) is 6.54 Å². The van der Waals surface area contributed by atoms with Crippen LogP contribution in [-0.4, -0.2) is 27.9 Å². The normalized spacial score (nSPS) is 10.0. The molecule has 5 heteroatoms. The number of nitrogens with two attached hydrogens (primary N) is 1. The Hall–Kier alpha value is -1.91. The maximum absolute atomic E-state index is 5.74. The minimum atomic E-state index is 0. The highest BCUT2D eigenvalue weighted by molar-refractivity contribution is 5.85. The van der Waals surface area contributed by atoms with E-state index < -0.39 is 0 Å². The molecule has 0 bridgehead atoms. The van der Waals surface area contributed by atoms with E-state index >= 15 is 0 Å². The van der Waals surface area contributed by atoms with Crippen molar-refractivity contribution in [3.63, 3.8) is 0 Å². The van der Waals surface area contributed by atoms with Gasteiger partial charge in [-0.2, -0.15) is 0 Å². The summed E-state index contributed by atoms with van der Waals surface area (Å²) in [4.78, 5) is 0. The van der Waals surface area contributed by atoms with Crippen molar-refractivity contribution in [2.45, 2.75) is 19.3 Å². The molecule has 0 spiro atoms. The number of hydrogen-bond donors (Lipinski definition) is 1. The summed E-state index contributed by atoms with van der Waals surface area (Å²) in [6.07, 6.45) is 2.63. The standard InChI is InChI=1S/C19H25NO3.ClH/c1-21-16-8-4-14(5-9-16)6-10-17-15(12-13-20)7-11-18(22-2)19(17)23-3;/h4-5,7-9,11H,6,10,12-13,20H2,1-3H3;1H. The van der Waals surface area contributed by atoms with Crippen molar-refractivity contribution >= 4 is 12.4 Å². The summed E-state index contributed by atoms with van der Waals surface area (Å²) in [5.74, 6) is 2.45. The van der Waals surface area contributed by atoms with E-state index in [9.17, 15) is 0 Å². The molecule has 2 rings (SSSR count). The fraction of sp³-hybridized carbons (Fsp3) is 0.368. The average Bonchev–Trinajstić information content (AvgIpc) is 2.60. The second kappa shape index (κ2) is 10.1. The van der Waals surface area contributed by atoms with Crippen molar-refractivity contribution < 1.29 is 14.2 Å². The molecule has 0 fully saturated rings. The second-order valence-corrected chi connectivity index (χ2v) is 5.33. The van der Waals surface area contributed by atoms with Gasteiger partial charge in [0.05, 0.1) is 21.3 Å². The van der Waals surface area contributed by atoms with Gasteiger partial charge < -0.3 is 19.9 Å². The molecule has 0 saturated carbocycles. The lowest BCUT2D eigenvalue weighted by Gasteiger charge is -2.17. The van der Waals surface area contributed by atoms with Crippen molar-refractivity contribution in [2.24, 2.45) is 5.73 Å². The topological polar surface area (TPSA) is 53.7 Å². The van der Waals surface area contributed by atoms with Gasteiger partial charge in [0.15, 0.2) is 11.5 Å². The van der Waals surface area contributed by atoms with Crippen LogP contribution in [0.25, 0.3) is 0 Å². The summed E-state index contributed by atoms with van der Waals surface area (Å²) in [5, 5.41) is 0. The van der Waals surface area contributed by atoms with E-state index in [1.54, 1.807) is 21.3 Å². The first-order valence-corrected chi connectivity index (χ1v) is 7.79. The number of methoxy groups -OCH3 is 3. The fourth-order valence-electron chi connectivity index (χ4n) is 2.76. The lowest BCUT2D eigenvalue weighted by atomic mass is 9.96. The molecule has 0 aliphatic rings. The van der Waals surface area contributed by atoms with Gasteiger partial charge in [-0.15, -0.1) is 12.4 Å². The number of benzene rings is 2. The van der Waals surface area contributed by atoms with Crippen LogP contribution in [0.2, 0.25) is 0 Å². The Labute approximate surface area is 150 Å². The molecular weight excluding hydrogens is 326 g/mol. The number of rotatable bonds is 8. The molecule has 0 radical (unpaired) electrons. The zero-order valence-electron chi connectivity index (χ0n) is 14.5. The molecule has 2 N–H and O–H groups in total. The van der Waals surface area contributed by atoms with Crippen LogP contribution in [0.1, 0.15) is 16.7 Å². The monoisotopic (exact) mass is 351 g/mol. The quantitative estimate of drug-likeness (QED) is 0.791. The van der Waals surface area contributed by atoms with E-state index in [2.05, 4.69) is 18.2 Å². The molecule has 0 heterocycles. The molecule has 0 aromatic heterocycles. The second-order valence-electron chi connectivity index (χ2n) is 5.33. The Kier molecular flexibility index (Phi) is 8.44. The van der Waals surface area contributed by atoms with Gasteiger partial charge in [0.2, 0.25) is 0 Å². The average molecular weight is 352 g/mol. The van der Waals surface area contributed by atoms with Gasteiger partial charge in [-0.1, -0.05) is 18.2 Å². The van der Waals surface area contributed by atoms with Crippen molar-refractivity contribution in [3.05, 3.63) is 53.1 Å². The molecule has 2 aromatic carbocycles. The van der Waals surface area contributed by atoms with Gasteiger partial charge in [-0.25, -0.2) is 0 Å². The highest BCUT2D eigenvalue weighted by atomic mass is 35.5. The number of hydrogen-bond acceptors (Lipinski definition) is 4. The van der Waals surface area contributed by atoms with Crippen LogP contribution in [0, 0.1) is 0 Å². The fourth-order valence-corrected chi connectivity index (χ4v) is 2.76. The van der Waals surface area contributed by atoms with E-state index in [1.165, 1.54) is 16.7 Å². The predicted molar refractivity (Wildman–Crippen MR) is 100.0 cm³/mol. The van der Waals surface area contributed by atoms with Gasteiger partial charge in [-0.05, 0) is 55.1 Å². The summed E-state index contributed by atoms with van der Waals surface area (Å²) >= 11 is 0. The van der Waals surface area contributed by atoms with E-state index in [1.807, 2.05) is 18.2 Å². The SMILES string of the molecule is COc1ccc(CCc2c(CCN)ccc(OC)c2OC)cc1.Cl. The molecule has 2 aromatic rings. The number of aryl methyl sites for hydroxylation is 1. The zero-order chi connectivity index (χ0) is 16.7. The highest BCUT2D eigenvalue weighted by Gasteiger charge is 2.14. The van der Waals surface area contributed by atoms with Crippen LogP contribution in [-0.2, 0) is 19.3 Å². The van der Waals surface area contributed by atoms with Gasteiger partial charge in [0, 0.05) is 5.56 Å². The Morgan fingerprint density at radius 1 is 0.792 bits per heavy atom. The third-order valence-corrected chi connectivity index (χ3v) is 3.98. The van der Waals surface area contributed by atoms with Gasteiger partial charge in [-0.3, -0.25) is 0 Å². The third-order valence-electron chi connectivity index (χ3n) is 3.98. The summed E-state index contributed by atoms with van der Waals surface area (Å²) in [6.45, 7) is 0.616. The van der Waals surface area contributed by atoms with Crippen LogP contribution in [0.4, 0.5) is 0 Å². The maximum Gasteiger partial charge on any atom is 0.164 e. The summed E-state index contributed by atoms with van der Waals surface area (Å²) in [6, 6.07) is 12.2. The highest BCUT2D eigenvalue weighted by Crippen LogP contribution is 2.34. The molecule has 4 nitrogen and oxygen atoms in total. The largest absolute Gasteiger partial charge is 0.497 e. The first-order valence-electron chi connectivity index (χ1n) is 7.79. The summed E-state index contributed by atoms with van der Waals surface area (Å²) in [7, 11) is 5.02. The molecular formula is C19H26ClNO3. The minimum Gasteiger partial charge on any atom is -0.497 e. The van der Waals surface area contributed by atoms with Gasteiger partial charge >= 0.3 is 0 Å². The Morgan fingerprint density at radius 2 is 1.50 bits per heavy atom. The van der Waals surface area contributed by atoms with Crippen molar-refractivity contribution in [3.8, 4) is 17.2 Å². The van der Waals surface area contributed by atoms with Crippen LogP contribution < -0.4 is 19.9 Å². The summed E-state index contributed by atoms with van der Waals surface area (Å²) in [5.41, 5.74) is 9.40. The molecule has 24 heavy (non-hydrogen) atoms. The van der Waals surface area contributed by atoms with Crippen molar-refractivity contribution in [2.75, 3.05) is 27.9 Å². The van der Waals surface area contributed by atoms with Crippen molar-refractivity contribution in [1.82, 2.24) is 0 Å². The molecule has 0 saturated heterocycles. The molecule has 0 unspecified atom stereocenters. The van der Waals surface area contributed by atoms with E-state index in [-0.39, 0.29) is 12.4 Å². The smallest absolute Gasteiger partial charge is 0.164 e. The van der Waals surface area contributed by atoms with Crippen LogP contribution in [0.15, 0.2) is 36.4 Å². The molecule has 0 aliphatic heterocycles. The zero-order valence-corrected chi connectivity index (χ0v) is 15.3. The van der Waals surface area contributed by atoms with E-state index in [0.717, 1.165) is 36.5 Å². The number of halogens is 1. The van der Waals surface area contributed by atoms with E-state index in [4.69, 9.17) is 19.9 Å². The Bertz CT molecular complexity index is 629.